The van der Waals surface area contributed by atoms with Crippen molar-refractivity contribution < 1.29 is 14.6 Å². The van der Waals surface area contributed by atoms with Crippen LogP contribution in [0.1, 0.15) is 12.5 Å². The van der Waals surface area contributed by atoms with Gasteiger partial charge in [0, 0.05) is 6.42 Å². The van der Waals surface area contributed by atoms with Gasteiger partial charge in [0.1, 0.15) is 0 Å². The summed E-state index contributed by atoms with van der Waals surface area (Å²) in [4.78, 5) is 11.2. The van der Waals surface area contributed by atoms with Crippen molar-refractivity contribution in [3.63, 3.8) is 0 Å². The molecule has 1 rings (SSSR count). The minimum Gasteiger partial charge on any atom is -0.467 e. The van der Waals surface area contributed by atoms with Gasteiger partial charge in [-0.05, 0) is 12.5 Å². The molecule has 0 spiro atoms. The third kappa shape index (κ3) is 2.57. The van der Waals surface area contributed by atoms with Crippen LogP contribution in [-0.4, -0.2) is 23.8 Å². The summed E-state index contributed by atoms with van der Waals surface area (Å²) in [6.07, 6.45) is 0.264. The summed E-state index contributed by atoms with van der Waals surface area (Å²) in [7, 11) is 1.27. The van der Waals surface area contributed by atoms with E-state index >= 15 is 0 Å². The summed E-state index contributed by atoms with van der Waals surface area (Å²) >= 11 is 0. The molecule has 0 heterocycles. The Morgan fingerprint density at radius 2 is 2.00 bits per heavy atom. The van der Waals surface area contributed by atoms with E-state index in [1.54, 1.807) is 0 Å². The molecule has 14 heavy (non-hydrogen) atoms. The molecule has 1 aromatic rings. The van der Waals surface area contributed by atoms with E-state index in [0.29, 0.717) is 0 Å². The highest BCUT2D eigenvalue weighted by atomic mass is 16.5. The van der Waals surface area contributed by atoms with Crippen LogP contribution in [0.15, 0.2) is 30.3 Å². The third-order valence-corrected chi connectivity index (χ3v) is 2.02. The second-order valence-corrected chi connectivity index (χ2v) is 3.43. The standard InChI is InChI=1S/C11H14O3/c1-11(13,10(12)14-2)8-9-6-4-3-5-7-9/h3-7,13H,8H2,1-2H3/t11-/m1/s1. The van der Waals surface area contributed by atoms with E-state index in [9.17, 15) is 9.90 Å². The molecule has 0 aliphatic heterocycles. The fraction of sp³-hybridized carbons (Fsp3) is 0.364. The van der Waals surface area contributed by atoms with Crippen LogP contribution in [0.5, 0.6) is 0 Å². The number of benzene rings is 1. The molecule has 0 amide bonds. The molecule has 0 aliphatic rings. The van der Waals surface area contributed by atoms with Crippen LogP contribution in [0.3, 0.4) is 0 Å². The topological polar surface area (TPSA) is 46.5 Å². The zero-order chi connectivity index (χ0) is 10.6. The first-order valence-electron chi connectivity index (χ1n) is 4.41. The van der Waals surface area contributed by atoms with Gasteiger partial charge >= 0.3 is 5.97 Å². The minimum absolute atomic E-state index is 0.264. The molecule has 0 fully saturated rings. The van der Waals surface area contributed by atoms with E-state index in [-0.39, 0.29) is 6.42 Å². The average Bonchev–Trinajstić information content (AvgIpc) is 2.17. The van der Waals surface area contributed by atoms with Gasteiger partial charge in [0.15, 0.2) is 5.60 Å². The number of hydrogen-bond donors (Lipinski definition) is 1. The molecule has 1 N–H and O–H groups in total. The maximum atomic E-state index is 11.2. The van der Waals surface area contributed by atoms with Crippen LogP contribution >= 0.6 is 0 Å². The molecule has 1 atom stereocenters. The van der Waals surface area contributed by atoms with Gasteiger partial charge in [0.05, 0.1) is 7.11 Å². The summed E-state index contributed by atoms with van der Waals surface area (Å²) in [5, 5.41) is 9.76. The van der Waals surface area contributed by atoms with E-state index in [0.717, 1.165) is 5.56 Å². The van der Waals surface area contributed by atoms with Gasteiger partial charge in [-0.3, -0.25) is 0 Å². The fourth-order valence-corrected chi connectivity index (χ4v) is 1.29. The Morgan fingerprint density at radius 1 is 1.43 bits per heavy atom. The van der Waals surface area contributed by atoms with E-state index in [4.69, 9.17) is 0 Å². The monoisotopic (exact) mass is 194 g/mol. The Hall–Kier alpha value is -1.35. The fourth-order valence-electron chi connectivity index (χ4n) is 1.29. The number of carbonyl (C=O) groups excluding carboxylic acids is 1. The molecule has 0 saturated heterocycles. The van der Waals surface area contributed by atoms with Gasteiger partial charge in [-0.25, -0.2) is 4.79 Å². The van der Waals surface area contributed by atoms with E-state index < -0.39 is 11.6 Å². The van der Waals surface area contributed by atoms with Crippen molar-refractivity contribution >= 4 is 5.97 Å². The lowest BCUT2D eigenvalue weighted by Crippen LogP contribution is -2.38. The van der Waals surface area contributed by atoms with Crippen molar-refractivity contribution in [3.05, 3.63) is 35.9 Å². The number of carbonyl (C=O) groups is 1. The van der Waals surface area contributed by atoms with Crippen molar-refractivity contribution in [1.29, 1.82) is 0 Å². The predicted octanol–water partition coefficient (Wildman–Crippen LogP) is 1.15. The highest BCUT2D eigenvalue weighted by Crippen LogP contribution is 2.14. The van der Waals surface area contributed by atoms with E-state index in [1.165, 1.54) is 14.0 Å². The molecule has 0 saturated carbocycles. The molecule has 0 bridgehead atoms. The first kappa shape index (κ1) is 10.7. The van der Waals surface area contributed by atoms with Crippen LogP contribution in [0.25, 0.3) is 0 Å². The van der Waals surface area contributed by atoms with E-state index in [1.807, 2.05) is 30.3 Å². The van der Waals surface area contributed by atoms with Crippen molar-refractivity contribution in [3.8, 4) is 0 Å². The van der Waals surface area contributed by atoms with Gasteiger partial charge in [0.25, 0.3) is 0 Å². The van der Waals surface area contributed by atoms with Crippen LogP contribution in [0.4, 0.5) is 0 Å². The number of rotatable bonds is 3. The Labute approximate surface area is 83.3 Å². The maximum Gasteiger partial charge on any atom is 0.337 e. The maximum absolute atomic E-state index is 11.2. The molecule has 3 heteroatoms. The van der Waals surface area contributed by atoms with E-state index in [2.05, 4.69) is 4.74 Å². The average molecular weight is 194 g/mol. The molecular formula is C11H14O3. The van der Waals surface area contributed by atoms with Gasteiger partial charge in [0.2, 0.25) is 0 Å². The molecule has 76 valence electrons. The van der Waals surface area contributed by atoms with Gasteiger partial charge < -0.3 is 9.84 Å². The lowest BCUT2D eigenvalue weighted by molar-refractivity contribution is -0.160. The zero-order valence-electron chi connectivity index (χ0n) is 8.36. The number of methoxy groups -OCH3 is 1. The van der Waals surface area contributed by atoms with Crippen molar-refractivity contribution in [2.24, 2.45) is 0 Å². The number of aliphatic hydroxyl groups is 1. The summed E-state index contributed by atoms with van der Waals surface area (Å²) in [5.74, 6) is -0.610. The Morgan fingerprint density at radius 3 is 2.50 bits per heavy atom. The van der Waals surface area contributed by atoms with Crippen LogP contribution in [0.2, 0.25) is 0 Å². The normalized spacial score (nSPS) is 14.5. The van der Waals surface area contributed by atoms with Crippen LogP contribution in [-0.2, 0) is 16.0 Å². The Kier molecular flexibility index (Phi) is 3.25. The quantitative estimate of drug-likeness (QED) is 0.734. The first-order valence-corrected chi connectivity index (χ1v) is 4.41. The predicted molar refractivity (Wildman–Crippen MR) is 52.8 cm³/mol. The lowest BCUT2D eigenvalue weighted by atomic mass is 9.97. The zero-order valence-corrected chi connectivity index (χ0v) is 8.36. The largest absolute Gasteiger partial charge is 0.467 e. The smallest absolute Gasteiger partial charge is 0.337 e. The summed E-state index contributed by atoms with van der Waals surface area (Å²) in [6.45, 7) is 1.45. The van der Waals surface area contributed by atoms with Crippen molar-refractivity contribution in [2.45, 2.75) is 18.9 Å². The molecule has 0 aromatic heterocycles. The highest BCUT2D eigenvalue weighted by Gasteiger charge is 2.31. The SMILES string of the molecule is COC(=O)[C@](C)(O)Cc1ccccc1. The van der Waals surface area contributed by atoms with Crippen LogP contribution in [0, 0.1) is 0 Å². The van der Waals surface area contributed by atoms with Crippen molar-refractivity contribution in [1.82, 2.24) is 0 Å². The molecule has 0 unspecified atom stereocenters. The van der Waals surface area contributed by atoms with Crippen LogP contribution < -0.4 is 0 Å². The lowest BCUT2D eigenvalue weighted by Gasteiger charge is -2.19. The Balaban J connectivity index is 2.73. The van der Waals surface area contributed by atoms with Gasteiger partial charge in [-0.2, -0.15) is 0 Å². The third-order valence-electron chi connectivity index (χ3n) is 2.02. The van der Waals surface area contributed by atoms with Crippen molar-refractivity contribution in [2.75, 3.05) is 7.11 Å². The molecule has 3 nitrogen and oxygen atoms in total. The number of ether oxygens (including phenoxy) is 1. The summed E-state index contributed by atoms with van der Waals surface area (Å²) in [6, 6.07) is 9.33. The minimum atomic E-state index is -1.45. The molecule has 1 aromatic carbocycles. The molecule has 0 radical (unpaired) electrons. The second kappa shape index (κ2) is 4.24. The number of hydrogen-bond acceptors (Lipinski definition) is 3. The first-order chi connectivity index (χ1) is 6.56. The summed E-state index contributed by atoms with van der Waals surface area (Å²) < 4.78 is 4.50. The second-order valence-electron chi connectivity index (χ2n) is 3.43. The molecule has 0 aliphatic carbocycles. The Bertz CT molecular complexity index is 304. The molecular weight excluding hydrogens is 180 g/mol. The highest BCUT2D eigenvalue weighted by molar-refractivity contribution is 5.78. The summed E-state index contributed by atoms with van der Waals surface area (Å²) in [5.41, 5.74) is -0.543. The number of esters is 1. The van der Waals surface area contributed by atoms with Gasteiger partial charge in [-0.1, -0.05) is 30.3 Å². The van der Waals surface area contributed by atoms with Gasteiger partial charge in [-0.15, -0.1) is 0 Å².